The molecule has 0 spiro atoms. The van der Waals surface area contributed by atoms with Crippen LogP contribution in [0, 0.1) is 0 Å². The van der Waals surface area contributed by atoms with Crippen LogP contribution in [0.15, 0.2) is 59.7 Å². The molecule has 0 fully saturated rings. The molecule has 0 saturated heterocycles. The molecule has 1 aromatic heterocycles. The Morgan fingerprint density at radius 3 is 2.66 bits per heavy atom. The van der Waals surface area contributed by atoms with E-state index in [1.807, 2.05) is 0 Å². The van der Waals surface area contributed by atoms with Crippen LogP contribution in [0.2, 0.25) is 0 Å². The number of carbonyl (C=O) groups excluding carboxylic acids is 3. The summed E-state index contributed by atoms with van der Waals surface area (Å²) in [6, 6.07) is 13.2. The predicted molar refractivity (Wildman–Crippen MR) is 107 cm³/mol. The lowest BCUT2D eigenvalue weighted by Crippen LogP contribution is -2.33. The van der Waals surface area contributed by atoms with Gasteiger partial charge in [-0.15, -0.1) is 0 Å². The molecule has 3 rings (SSSR count). The van der Waals surface area contributed by atoms with Gasteiger partial charge in [-0.3, -0.25) is 23.7 Å². The molecule has 3 aromatic rings. The van der Waals surface area contributed by atoms with E-state index in [0.717, 1.165) is 4.57 Å². The largest absolute Gasteiger partial charge is 0.451 e. The first kappa shape index (κ1) is 19.9. The highest BCUT2D eigenvalue weighted by Crippen LogP contribution is 2.12. The van der Waals surface area contributed by atoms with Gasteiger partial charge in [-0.1, -0.05) is 24.3 Å². The van der Waals surface area contributed by atoms with Crippen molar-refractivity contribution in [3.63, 3.8) is 0 Å². The van der Waals surface area contributed by atoms with E-state index in [9.17, 15) is 19.2 Å². The van der Waals surface area contributed by atoms with Crippen molar-refractivity contribution in [3.8, 4) is 0 Å². The number of benzene rings is 2. The van der Waals surface area contributed by atoms with Gasteiger partial charge in [-0.25, -0.2) is 4.98 Å². The Morgan fingerprint density at radius 2 is 1.90 bits per heavy atom. The number of amides is 1. The van der Waals surface area contributed by atoms with Gasteiger partial charge in [0.05, 0.1) is 17.2 Å². The maximum Gasteiger partial charge on any atom is 0.326 e. The number of ketones is 1. The molecular weight excluding hydrogens is 374 g/mol. The summed E-state index contributed by atoms with van der Waals surface area (Å²) in [6.07, 6.45) is 0.178. The molecule has 1 amide bonds. The second kappa shape index (κ2) is 8.47. The second-order valence-corrected chi connectivity index (χ2v) is 6.45. The summed E-state index contributed by atoms with van der Waals surface area (Å²) in [6.45, 7) is 2.48. The fraction of sp³-hybridized carbons (Fsp3) is 0.190. The molecule has 0 aliphatic heterocycles. The molecule has 1 atom stereocenters. The minimum atomic E-state index is -1.09. The molecular formula is C21H19N3O5. The zero-order valence-electron chi connectivity index (χ0n) is 15.9. The van der Waals surface area contributed by atoms with Gasteiger partial charge in [-0.2, -0.15) is 0 Å². The third-order valence-electron chi connectivity index (χ3n) is 4.25. The molecule has 0 saturated carbocycles. The second-order valence-electron chi connectivity index (χ2n) is 6.45. The highest BCUT2D eigenvalue weighted by atomic mass is 16.5. The number of nitrogens with zero attached hydrogens (tertiary/aromatic N) is 2. The Balaban J connectivity index is 1.64. The van der Waals surface area contributed by atoms with Crippen molar-refractivity contribution in [2.24, 2.45) is 0 Å². The SMILES string of the molecule is CC(=O)c1cccc(NC(=O)C(C)OC(=O)Cn2cnc3ccccc3c2=O)c1. The van der Waals surface area contributed by atoms with E-state index in [4.69, 9.17) is 4.74 Å². The van der Waals surface area contributed by atoms with Crippen molar-refractivity contribution in [1.29, 1.82) is 0 Å². The van der Waals surface area contributed by atoms with Crippen molar-refractivity contribution in [3.05, 3.63) is 70.8 Å². The van der Waals surface area contributed by atoms with Gasteiger partial charge in [0.1, 0.15) is 6.54 Å². The van der Waals surface area contributed by atoms with Gasteiger partial charge in [-0.05, 0) is 38.1 Å². The Morgan fingerprint density at radius 1 is 1.14 bits per heavy atom. The van der Waals surface area contributed by atoms with Gasteiger partial charge in [0, 0.05) is 11.3 Å². The van der Waals surface area contributed by atoms with E-state index in [0.29, 0.717) is 22.2 Å². The van der Waals surface area contributed by atoms with E-state index >= 15 is 0 Å². The topological polar surface area (TPSA) is 107 Å². The van der Waals surface area contributed by atoms with Crippen molar-refractivity contribution in [2.45, 2.75) is 26.5 Å². The zero-order chi connectivity index (χ0) is 21.0. The van der Waals surface area contributed by atoms with Crippen LogP contribution in [0.1, 0.15) is 24.2 Å². The summed E-state index contributed by atoms with van der Waals surface area (Å²) >= 11 is 0. The smallest absolute Gasteiger partial charge is 0.326 e. The highest BCUT2D eigenvalue weighted by molar-refractivity contribution is 5.98. The van der Waals surface area contributed by atoms with Crippen molar-refractivity contribution in [2.75, 3.05) is 5.32 Å². The monoisotopic (exact) mass is 393 g/mol. The highest BCUT2D eigenvalue weighted by Gasteiger charge is 2.19. The third-order valence-corrected chi connectivity index (χ3v) is 4.25. The third kappa shape index (κ3) is 4.73. The minimum absolute atomic E-state index is 0.130. The molecule has 0 aliphatic rings. The molecule has 1 heterocycles. The standard InChI is InChI=1S/C21H19N3O5/c1-13(25)15-6-5-7-16(10-15)23-20(27)14(2)29-19(26)11-24-12-22-18-9-4-3-8-17(18)21(24)28/h3-10,12,14H,11H2,1-2H3,(H,23,27). The molecule has 0 aliphatic carbocycles. The lowest BCUT2D eigenvalue weighted by atomic mass is 10.1. The number of para-hydroxylation sites is 1. The number of anilines is 1. The van der Waals surface area contributed by atoms with Crippen LogP contribution in [0.4, 0.5) is 5.69 Å². The quantitative estimate of drug-likeness (QED) is 0.508. The van der Waals surface area contributed by atoms with E-state index < -0.39 is 18.0 Å². The van der Waals surface area contributed by atoms with Crippen LogP contribution >= 0.6 is 0 Å². The molecule has 148 valence electrons. The number of esters is 1. The predicted octanol–water partition coefficient (Wildman–Crippen LogP) is 2.17. The molecule has 0 radical (unpaired) electrons. The average Bonchev–Trinajstić information content (AvgIpc) is 2.70. The van der Waals surface area contributed by atoms with Crippen LogP contribution in [0.5, 0.6) is 0 Å². The number of hydrogen-bond acceptors (Lipinski definition) is 6. The normalized spacial score (nSPS) is 11.7. The lowest BCUT2D eigenvalue weighted by molar-refractivity contribution is -0.153. The van der Waals surface area contributed by atoms with Crippen LogP contribution in [0.25, 0.3) is 10.9 Å². The first-order chi connectivity index (χ1) is 13.8. The van der Waals surface area contributed by atoms with Gasteiger partial charge < -0.3 is 10.1 Å². The summed E-state index contributed by atoms with van der Waals surface area (Å²) < 4.78 is 6.26. The fourth-order valence-corrected chi connectivity index (χ4v) is 2.71. The first-order valence-corrected chi connectivity index (χ1v) is 8.90. The average molecular weight is 393 g/mol. The number of ether oxygens (including phenoxy) is 1. The van der Waals surface area contributed by atoms with Gasteiger partial charge in [0.25, 0.3) is 11.5 Å². The number of Topliss-reactive ketones (excluding diaryl/α,β-unsaturated/α-hetero) is 1. The molecule has 1 N–H and O–H groups in total. The van der Waals surface area contributed by atoms with Crippen LogP contribution in [0.3, 0.4) is 0 Å². The number of fused-ring (bicyclic) bond motifs is 1. The van der Waals surface area contributed by atoms with Gasteiger partial charge in [0.15, 0.2) is 11.9 Å². The number of hydrogen-bond donors (Lipinski definition) is 1. The Labute approximate surface area is 166 Å². The van der Waals surface area contributed by atoms with Crippen LogP contribution in [-0.2, 0) is 20.9 Å². The van der Waals surface area contributed by atoms with E-state index in [-0.39, 0.29) is 17.9 Å². The summed E-state index contributed by atoms with van der Waals surface area (Å²) in [7, 11) is 0. The fourth-order valence-electron chi connectivity index (χ4n) is 2.71. The molecule has 1 unspecified atom stereocenters. The molecule has 8 nitrogen and oxygen atoms in total. The molecule has 0 bridgehead atoms. The summed E-state index contributed by atoms with van der Waals surface area (Å²) in [4.78, 5) is 52.4. The van der Waals surface area contributed by atoms with E-state index in [1.54, 1.807) is 42.5 Å². The molecule has 8 heteroatoms. The van der Waals surface area contributed by atoms with Gasteiger partial charge >= 0.3 is 5.97 Å². The Hall–Kier alpha value is -3.81. The zero-order valence-corrected chi connectivity index (χ0v) is 15.9. The Kier molecular flexibility index (Phi) is 5.82. The van der Waals surface area contributed by atoms with Crippen LogP contribution < -0.4 is 10.9 Å². The van der Waals surface area contributed by atoms with E-state index in [1.165, 1.54) is 26.2 Å². The van der Waals surface area contributed by atoms with Crippen molar-refractivity contribution < 1.29 is 19.1 Å². The van der Waals surface area contributed by atoms with Crippen molar-refractivity contribution >= 4 is 34.3 Å². The summed E-state index contributed by atoms with van der Waals surface area (Å²) in [5.41, 5.74) is 1.03. The van der Waals surface area contributed by atoms with E-state index in [2.05, 4.69) is 10.3 Å². The van der Waals surface area contributed by atoms with Crippen molar-refractivity contribution in [1.82, 2.24) is 9.55 Å². The maximum atomic E-state index is 12.4. The summed E-state index contributed by atoms with van der Waals surface area (Å²) in [5.74, 6) is -1.43. The minimum Gasteiger partial charge on any atom is -0.451 e. The number of carbonyl (C=O) groups is 3. The van der Waals surface area contributed by atoms with Crippen LogP contribution in [-0.4, -0.2) is 33.3 Å². The summed E-state index contributed by atoms with van der Waals surface area (Å²) in [5, 5.41) is 2.98. The number of aromatic nitrogens is 2. The number of nitrogens with one attached hydrogen (secondary N) is 1. The molecule has 29 heavy (non-hydrogen) atoms. The Bertz CT molecular complexity index is 1150. The first-order valence-electron chi connectivity index (χ1n) is 8.90. The lowest BCUT2D eigenvalue weighted by Gasteiger charge is -2.14. The molecule has 2 aromatic carbocycles. The maximum absolute atomic E-state index is 12.4. The number of rotatable bonds is 6. The van der Waals surface area contributed by atoms with Gasteiger partial charge in [0.2, 0.25) is 0 Å².